The van der Waals surface area contributed by atoms with Crippen molar-refractivity contribution in [1.82, 2.24) is 0 Å². The van der Waals surface area contributed by atoms with Gasteiger partial charge in [-0.15, -0.1) is 0 Å². The van der Waals surface area contributed by atoms with Crippen LogP contribution in [0.1, 0.15) is 46.5 Å². The molecule has 0 aromatic heterocycles. The van der Waals surface area contributed by atoms with E-state index in [1.165, 1.54) is 0 Å². The van der Waals surface area contributed by atoms with E-state index in [0.29, 0.717) is 6.61 Å². The number of ether oxygens (including phenoxy) is 2. The fourth-order valence-electron chi connectivity index (χ4n) is 1.79. The van der Waals surface area contributed by atoms with Gasteiger partial charge in [0.15, 0.2) is 6.10 Å². The molecule has 0 amide bonds. The average Bonchev–Trinajstić information content (AvgIpc) is 2.91. The van der Waals surface area contributed by atoms with Crippen LogP contribution in [0.15, 0.2) is 0 Å². The zero-order valence-corrected chi connectivity index (χ0v) is 9.34. The van der Waals surface area contributed by atoms with Gasteiger partial charge in [-0.05, 0) is 19.8 Å². The Bertz CT molecular complexity index is 203. The average molecular weight is 200 g/mol. The highest BCUT2D eigenvalue weighted by molar-refractivity contribution is 5.79. The number of carbonyl (C=O) groups excluding carboxylic acids is 1. The molecule has 0 N–H and O–H groups in total. The summed E-state index contributed by atoms with van der Waals surface area (Å²) in [5.41, 5.74) is -0.192. The van der Waals surface area contributed by atoms with Crippen LogP contribution < -0.4 is 0 Å². The summed E-state index contributed by atoms with van der Waals surface area (Å²) in [5.74, 6) is -0.189. The lowest BCUT2D eigenvalue weighted by atomic mass is 9.95. The Balaban J connectivity index is 2.40. The molecule has 0 bridgehead atoms. The number of epoxide rings is 1. The molecular formula is C11H20O3. The zero-order valence-electron chi connectivity index (χ0n) is 9.34. The Morgan fingerprint density at radius 3 is 2.64 bits per heavy atom. The summed E-state index contributed by atoms with van der Waals surface area (Å²) in [5, 5.41) is 0. The lowest BCUT2D eigenvalue weighted by Crippen LogP contribution is -2.22. The van der Waals surface area contributed by atoms with Gasteiger partial charge in [0.1, 0.15) is 5.60 Å². The largest absolute Gasteiger partial charge is 0.464 e. The molecular weight excluding hydrogens is 180 g/mol. The fourth-order valence-corrected chi connectivity index (χ4v) is 1.79. The third-order valence-corrected chi connectivity index (χ3v) is 2.83. The molecule has 3 nitrogen and oxygen atoms in total. The van der Waals surface area contributed by atoms with Crippen LogP contribution in [-0.2, 0) is 14.3 Å². The molecule has 0 radical (unpaired) electrons. The summed E-state index contributed by atoms with van der Waals surface area (Å²) in [6.07, 6.45) is 3.84. The Kier molecular flexibility index (Phi) is 3.93. The minimum atomic E-state index is -0.293. The van der Waals surface area contributed by atoms with Crippen LogP contribution in [0.25, 0.3) is 0 Å². The second-order valence-electron chi connectivity index (χ2n) is 3.77. The molecule has 2 atom stereocenters. The van der Waals surface area contributed by atoms with Gasteiger partial charge in [0.25, 0.3) is 0 Å². The van der Waals surface area contributed by atoms with Gasteiger partial charge in [0, 0.05) is 0 Å². The van der Waals surface area contributed by atoms with Crippen LogP contribution in [0.2, 0.25) is 0 Å². The Morgan fingerprint density at radius 1 is 1.43 bits per heavy atom. The number of esters is 1. The zero-order chi connectivity index (χ0) is 10.6. The van der Waals surface area contributed by atoms with Crippen LogP contribution in [0.3, 0.4) is 0 Å². The minimum Gasteiger partial charge on any atom is -0.464 e. The summed E-state index contributed by atoms with van der Waals surface area (Å²) in [4.78, 5) is 11.4. The van der Waals surface area contributed by atoms with E-state index in [4.69, 9.17) is 9.47 Å². The highest BCUT2D eigenvalue weighted by Crippen LogP contribution is 2.44. The summed E-state index contributed by atoms with van der Waals surface area (Å²) in [7, 11) is 0. The topological polar surface area (TPSA) is 38.8 Å². The number of unbranched alkanes of at least 4 members (excludes halogenated alkanes) is 1. The smallest absolute Gasteiger partial charge is 0.338 e. The first-order chi connectivity index (χ1) is 6.70. The van der Waals surface area contributed by atoms with Crippen molar-refractivity contribution in [3.8, 4) is 0 Å². The van der Waals surface area contributed by atoms with E-state index >= 15 is 0 Å². The number of hydrogen-bond acceptors (Lipinski definition) is 3. The van der Waals surface area contributed by atoms with Crippen molar-refractivity contribution >= 4 is 5.97 Å². The normalized spacial score (nSPS) is 30.1. The molecule has 1 saturated heterocycles. The first-order valence-corrected chi connectivity index (χ1v) is 5.54. The number of hydrogen-bond donors (Lipinski definition) is 0. The number of rotatable bonds is 6. The second-order valence-corrected chi connectivity index (χ2v) is 3.77. The van der Waals surface area contributed by atoms with Gasteiger partial charge in [0.2, 0.25) is 0 Å². The van der Waals surface area contributed by atoms with Gasteiger partial charge in [0.05, 0.1) is 6.61 Å². The van der Waals surface area contributed by atoms with E-state index in [2.05, 4.69) is 13.8 Å². The van der Waals surface area contributed by atoms with Gasteiger partial charge < -0.3 is 9.47 Å². The van der Waals surface area contributed by atoms with E-state index < -0.39 is 0 Å². The van der Waals surface area contributed by atoms with E-state index in [0.717, 1.165) is 25.7 Å². The Labute approximate surface area is 85.8 Å². The highest BCUT2D eigenvalue weighted by atomic mass is 16.7. The maximum Gasteiger partial charge on any atom is 0.338 e. The molecule has 82 valence electrons. The predicted octanol–water partition coefficient (Wildman–Crippen LogP) is 2.29. The highest BCUT2D eigenvalue weighted by Gasteiger charge is 2.59. The SMILES string of the molecule is CCCCC1(CC)OC1C(=O)OCC. The van der Waals surface area contributed by atoms with E-state index in [-0.39, 0.29) is 17.7 Å². The van der Waals surface area contributed by atoms with Crippen LogP contribution in [0.5, 0.6) is 0 Å². The second kappa shape index (κ2) is 4.78. The first kappa shape index (κ1) is 11.5. The van der Waals surface area contributed by atoms with Crippen molar-refractivity contribution in [3.63, 3.8) is 0 Å². The fraction of sp³-hybridized carbons (Fsp3) is 0.909. The summed E-state index contributed by atoms with van der Waals surface area (Å²) in [6, 6.07) is 0. The van der Waals surface area contributed by atoms with E-state index in [1.807, 2.05) is 6.92 Å². The van der Waals surface area contributed by atoms with Crippen molar-refractivity contribution in [1.29, 1.82) is 0 Å². The molecule has 1 rings (SSSR count). The first-order valence-electron chi connectivity index (χ1n) is 5.54. The maximum absolute atomic E-state index is 11.4. The lowest BCUT2D eigenvalue weighted by molar-refractivity contribution is -0.144. The molecule has 14 heavy (non-hydrogen) atoms. The third kappa shape index (κ3) is 2.27. The third-order valence-electron chi connectivity index (χ3n) is 2.83. The van der Waals surface area contributed by atoms with Crippen LogP contribution in [0, 0.1) is 0 Å². The minimum absolute atomic E-state index is 0.189. The molecule has 0 aromatic rings. The van der Waals surface area contributed by atoms with Crippen molar-refractivity contribution in [2.24, 2.45) is 0 Å². The van der Waals surface area contributed by atoms with Crippen molar-refractivity contribution in [2.75, 3.05) is 6.61 Å². The lowest BCUT2D eigenvalue weighted by Gasteiger charge is -2.08. The van der Waals surface area contributed by atoms with E-state index in [9.17, 15) is 4.79 Å². The molecule has 1 aliphatic rings. The molecule has 0 aromatic carbocycles. The van der Waals surface area contributed by atoms with Gasteiger partial charge in [-0.1, -0.05) is 26.7 Å². The molecule has 0 aliphatic carbocycles. The molecule has 0 spiro atoms. The van der Waals surface area contributed by atoms with Gasteiger partial charge in [-0.2, -0.15) is 0 Å². The molecule has 3 heteroatoms. The Morgan fingerprint density at radius 2 is 2.14 bits per heavy atom. The monoisotopic (exact) mass is 200 g/mol. The summed E-state index contributed by atoms with van der Waals surface area (Å²) >= 11 is 0. The number of carbonyl (C=O) groups is 1. The van der Waals surface area contributed by atoms with Crippen LogP contribution in [-0.4, -0.2) is 24.3 Å². The summed E-state index contributed by atoms with van der Waals surface area (Å²) < 4.78 is 10.4. The van der Waals surface area contributed by atoms with Gasteiger partial charge in [-0.25, -0.2) is 4.79 Å². The summed E-state index contributed by atoms with van der Waals surface area (Å²) in [6.45, 7) is 6.46. The molecule has 2 unspecified atom stereocenters. The standard InChI is InChI=1S/C11H20O3/c1-4-7-8-11(5-2)9(14-11)10(12)13-6-3/h9H,4-8H2,1-3H3. The molecule has 0 saturated carbocycles. The molecule has 1 fully saturated rings. The van der Waals surface area contributed by atoms with E-state index in [1.54, 1.807) is 0 Å². The van der Waals surface area contributed by atoms with Crippen LogP contribution >= 0.6 is 0 Å². The van der Waals surface area contributed by atoms with Gasteiger partial charge in [-0.3, -0.25) is 0 Å². The maximum atomic E-state index is 11.4. The molecule has 1 aliphatic heterocycles. The van der Waals surface area contributed by atoms with Gasteiger partial charge >= 0.3 is 5.97 Å². The van der Waals surface area contributed by atoms with Crippen molar-refractivity contribution in [2.45, 2.75) is 58.2 Å². The van der Waals surface area contributed by atoms with Crippen LogP contribution in [0.4, 0.5) is 0 Å². The molecule has 1 heterocycles. The van der Waals surface area contributed by atoms with Crippen molar-refractivity contribution in [3.05, 3.63) is 0 Å². The predicted molar refractivity (Wildman–Crippen MR) is 54.1 cm³/mol. The Hall–Kier alpha value is -0.570. The van der Waals surface area contributed by atoms with Crippen molar-refractivity contribution < 1.29 is 14.3 Å². The quantitative estimate of drug-likeness (QED) is 0.487.